The topological polar surface area (TPSA) is 86.7 Å². The Balaban J connectivity index is 2.42. The molecule has 0 bridgehead atoms. The van der Waals surface area contributed by atoms with E-state index in [0.717, 1.165) is 16.0 Å². The molecule has 6 heteroatoms. The van der Waals surface area contributed by atoms with E-state index in [9.17, 15) is 14.4 Å². The lowest BCUT2D eigenvalue weighted by Crippen LogP contribution is -2.44. The van der Waals surface area contributed by atoms with Gasteiger partial charge in [0, 0.05) is 13.0 Å². The number of aryl methyl sites for hydroxylation is 1. The van der Waals surface area contributed by atoms with Crippen LogP contribution in [-0.4, -0.2) is 29.9 Å². The number of rotatable bonds is 2. The van der Waals surface area contributed by atoms with Crippen molar-refractivity contribution >= 4 is 23.5 Å². The number of carbonyl (C=O) groups is 3. The highest BCUT2D eigenvalue weighted by molar-refractivity contribution is 6.43. The summed E-state index contributed by atoms with van der Waals surface area (Å²) in [5.74, 6) is -3.30. The van der Waals surface area contributed by atoms with Crippen molar-refractivity contribution < 1.29 is 19.5 Å². The fraction of sp³-hybridized carbons (Fsp3) is 0.308. The summed E-state index contributed by atoms with van der Waals surface area (Å²) >= 11 is 0. The van der Waals surface area contributed by atoms with Crippen molar-refractivity contribution in [3.05, 3.63) is 29.3 Å². The van der Waals surface area contributed by atoms with Crippen molar-refractivity contribution in [2.75, 3.05) is 11.9 Å². The second-order valence-corrected chi connectivity index (χ2v) is 4.33. The van der Waals surface area contributed by atoms with Crippen LogP contribution in [0.3, 0.4) is 0 Å². The first kappa shape index (κ1) is 13.2. The van der Waals surface area contributed by atoms with E-state index >= 15 is 0 Å². The highest BCUT2D eigenvalue weighted by Gasteiger charge is 2.33. The summed E-state index contributed by atoms with van der Waals surface area (Å²) in [5, 5.41) is 11.8. The molecule has 2 N–H and O–H groups in total. The third-order valence-corrected chi connectivity index (χ3v) is 3.01. The highest BCUT2D eigenvalue weighted by Crippen LogP contribution is 2.29. The van der Waals surface area contributed by atoms with Gasteiger partial charge < -0.3 is 10.4 Å². The molecule has 0 aliphatic carbocycles. The van der Waals surface area contributed by atoms with Gasteiger partial charge >= 0.3 is 11.9 Å². The number of fused-ring (bicyclic) bond motifs is 1. The molecule has 1 aliphatic rings. The Hall–Kier alpha value is -2.21. The molecule has 0 unspecified atom stereocenters. The molecular weight excluding hydrogens is 248 g/mol. The summed E-state index contributed by atoms with van der Waals surface area (Å²) in [6.45, 7) is 0.675. The molecule has 1 aliphatic heterocycles. The molecule has 2 rings (SSSR count). The van der Waals surface area contributed by atoms with Gasteiger partial charge in [-0.15, -0.1) is 0 Å². The molecule has 1 aromatic carbocycles. The van der Waals surface area contributed by atoms with Gasteiger partial charge in [0.2, 0.25) is 5.91 Å². The molecule has 0 saturated heterocycles. The average Bonchev–Trinajstić information content (AvgIpc) is 2.38. The van der Waals surface area contributed by atoms with Crippen molar-refractivity contribution in [2.45, 2.75) is 19.4 Å². The molecule has 1 aromatic rings. The number of hydrogen-bond donors (Lipinski definition) is 2. The van der Waals surface area contributed by atoms with Crippen LogP contribution >= 0.6 is 0 Å². The molecule has 0 saturated carbocycles. The summed E-state index contributed by atoms with van der Waals surface area (Å²) in [7, 11) is 1.82. The second-order valence-electron chi connectivity index (χ2n) is 4.33. The minimum atomic E-state index is -1.62. The van der Waals surface area contributed by atoms with Crippen molar-refractivity contribution in [1.29, 1.82) is 0 Å². The Morgan fingerprint density at radius 3 is 2.74 bits per heavy atom. The summed E-state index contributed by atoms with van der Waals surface area (Å²) < 4.78 is 0. The lowest BCUT2D eigenvalue weighted by atomic mass is 9.98. The summed E-state index contributed by atoms with van der Waals surface area (Å²) in [5.41, 5.74) is 2.23. The van der Waals surface area contributed by atoms with Gasteiger partial charge in [-0.2, -0.15) is 0 Å². The van der Waals surface area contributed by atoms with E-state index in [4.69, 9.17) is 5.11 Å². The van der Waals surface area contributed by atoms with Crippen molar-refractivity contribution in [1.82, 2.24) is 5.32 Å². The molecule has 6 nitrogen and oxygen atoms in total. The Morgan fingerprint density at radius 2 is 2.11 bits per heavy atom. The number of nitrogens with zero attached hydrogens (tertiary/aromatic N) is 1. The molecule has 100 valence electrons. The van der Waals surface area contributed by atoms with Crippen LogP contribution in [0, 0.1) is 0 Å². The van der Waals surface area contributed by atoms with Gasteiger partial charge in [0.25, 0.3) is 0 Å². The van der Waals surface area contributed by atoms with Gasteiger partial charge in [0.15, 0.2) is 0 Å². The number of benzene rings is 1. The van der Waals surface area contributed by atoms with Gasteiger partial charge in [-0.3, -0.25) is 9.59 Å². The molecule has 1 heterocycles. The monoisotopic (exact) mass is 262 g/mol. The molecular formula is C13H14N2O4. The lowest BCUT2D eigenvalue weighted by molar-refractivity contribution is -0.150. The average molecular weight is 262 g/mol. The summed E-state index contributed by atoms with van der Waals surface area (Å²) in [6, 6.07) is 5.29. The molecule has 0 fully saturated rings. The Kier molecular flexibility index (Phi) is 3.62. The predicted octanol–water partition coefficient (Wildman–Crippen LogP) is 0.296. The van der Waals surface area contributed by atoms with E-state index < -0.39 is 17.8 Å². The van der Waals surface area contributed by atoms with Crippen LogP contribution in [0.15, 0.2) is 18.2 Å². The number of carbonyl (C=O) groups excluding carboxylic acids is 2. The quantitative estimate of drug-likeness (QED) is 0.748. The fourth-order valence-corrected chi connectivity index (χ4v) is 2.18. The number of aliphatic carboxylic acids is 1. The summed E-state index contributed by atoms with van der Waals surface area (Å²) in [6.07, 6.45) is 0.671. The molecule has 0 aromatic heterocycles. The Bertz CT molecular complexity index is 554. The first-order chi connectivity index (χ1) is 9.04. The maximum Gasteiger partial charge on any atom is 0.395 e. The predicted molar refractivity (Wildman–Crippen MR) is 67.7 cm³/mol. The third-order valence-electron chi connectivity index (χ3n) is 3.01. The second kappa shape index (κ2) is 5.19. The van der Waals surface area contributed by atoms with E-state index in [-0.39, 0.29) is 6.42 Å². The van der Waals surface area contributed by atoms with E-state index in [0.29, 0.717) is 18.7 Å². The van der Waals surface area contributed by atoms with Crippen molar-refractivity contribution in [3.63, 3.8) is 0 Å². The van der Waals surface area contributed by atoms with Crippen LogP contribution in [0.25, 0.3) is 0 Å². The Labute approximate surface area is 110 Å². The number of amides is 2. The van der Waals surface area contributed by atoms with Gasteiger partial charge in [-0.25, -0.2) is 9.69 Å². The van der Waals surface area contributed by atoms with Crippen molar-refractivity contribution in [3.8, 4) is 0 Å². The smallest absolute Gasteiger partial charge is 0.395 e. The molecule has 0 radical (unpaired) electrons. The zero-order chi connectivity index (χ0) is 14.0. The third kappa shape index (κ3) is 2.48. The molecule has 0 atom stereocenters. The lowest BCUT2D eigenvalue weighted by Gasteiger charge is -2.26. The Morgan fingerprint density at radius 1 is 1.37 bits per heavy atom. The summed E-state index contributed by atoms with van der Waals surface area (Å²) in [4.78, 5) is 34.8. The number of carboxylic acids is 1. The maximum atomic E-state index is 11.7. The standard InChI is InChI=1S/C13H14N2O4/c1-14-7-8-2-4-10-9(6-8)3-5-11(16)15(10)12(17)13(18)19/h2,4,6,14H,3,5,7H2,1H3,(H,18,19). The molecule has 19 heavy (non-hydrogen) atoms. The van der Waals surface area contributed by atoms with E-state index in [1.54, 1.807) is 12.1 Å². The van der Waals surface area contributed by atoms with Gasteiger partial charge in [-0.1, -0.05) is 12.1 Å². The minimum Gasteiger partial charge on any atom is -0.474 e. The first-order valence-electron chi connectivity index (χ1n) is 5.91. The van der Waals surface area contributed by atoms with Gasteiger partial charge in [0.1, 0.15) is 0 Å². The van der Waals surface area contributed by atoms with Crippen LogP contribution < -0.4 is 10.2 Å². The molecule has 2 amide bonds. The van der Waals surface area contributed by atoms with E-state index in [2.05, 4.69) is 5.32 Å². The van der Waals surface area contributed by atoms with Gasteiger partial charge in [-0.05, 0) is 30.7 Å². The van der Waals surface area contributed by atoms with E-state index in [1.165, 1.54) is 0 Å². The van der Waals surface area contributed by atoms with Crippen LogP contribution in [0.4, 0.5) is 5.69 Å². The normalized spacial score (nSPS) is 14.2. The minimum absolute atomic E-state index is 0.148. The number of nitrogens with one attached hydrogen (secondary N) is 1. The SMILES string of the molecule is CNCc1ccc2c(c1)CCC(=O)N2C(=O)C(=O)O. The maximum absolute atomic E-state index is 11.7. The zero-order valence-corrected chi connectivity index (χ0v) is 10.5. The van der Waals surface area contributed by atoms with E-state index in [1.807, 2.05) is 13.1 Å². The zero-order valence-electron chi connectivity index (χ0n) is 10.5. The number of carboxylic acid groups (broad SMARTS) is 1. The number of imide groups is 1. The van der Waals surface area contributed by atoms with Crippen LogP contribution in [0.1, 0.15) is 17.5 Å². The van der Waals surface area contributed by atoms with Gasteiger partial charge in [0.05, 0.1) is 5.69 Å². The number of anilines is 1. The molecule has 0 spiro atoms. The largest absolute Gasteiger partial charge is 0.474 e. The first-order valence-corrected chi connectivity index (χ1v) is 5.91. The fourth-order valence-electron chi connectivity index (χ4n) is 2.18. The number of hydrogen-bond acceptors (Lipinski definition) is 4. The van der Waals surface area contributed by atoms with Crippen molar-refractivity contribution in [2.24, 2.45) is 0 Å². The van der Waals surface area contributed by atoms with Crippen LogP contribution in [0.5, 0.6) is 0 Å². The van der Waals surface area contributed by atoms with Crippen LogP contribution in [0.2, 0.25) is 0 Å². The van der Waals surface area contributed by atoms with Crippen LogP contribution in [-0.2, 0) is 27.3 Å². The highest BCUT2D eigenvalue weighted by atomic mass is 16.4.